The lowest BCUT2D eigenvalue weighted by Crippen LogP contribution is -2.29. The van der Waals surface area contributed by atoms with Crippen molar-refractivity contribution < 1.29 is 13.2 Å². The topological polar surface area (TPSA) is 93.5 Å². The quantitative estimate of drug-likeness (QED) is 0.518. The SMILES string of the molecule is CN(C1CC1)S(=O)(=O)c1ccc(C(=O)Nc2sc3c(c2C#N)CCN(Cc2ccccc2)C3)cc1. The third-order valence-electron chi connectivity index (χ3n) is 6.58. The summed E-state index contributed by atoms with van der Waals surface area (Å²) in [5.74, 6) is -0.360. The van der Waals surface area contributed by atoms with E-state index in [0.29, 0.717) is 16.1 Å². The lowest BCUT2D eigenvalue weighted by atomic mass is 10.0. The molecule has 1 saturated carbocycles. The molecule has 0 unspecified atom stereocenters. The van der Waals surface area contributed by atoms with Gasteiger partial charge in [-0.25, -0.2) is 8.42 Å². The fraction of sp³-hybridized carbons (Fsp3) is 0.308. The van der Waals surface area contributed by atoms with E-state index in [-0.39, 0.29) is 16.8 Å². The summed E-state index contributed by atoms with van der Waals surface area (Å²) in [6, 6.07) is 18.6. The average Bonchev–Trinajstić information content (AvgIpc) is 3.66. The Hall–Kier alpha value is -3.03. The molecule has 1 N–H and O–H groups in total. The first kappa shape index (κ1) is 23.7. The van der Waals surface area contributed by atoms with Crippen LogP contribution >= 0.6 is 11.3 Å². The summed E-state index contributed by atoms with van der Waals surface area (Å²) >= 11 is 1.45. The molecule has 1 aliphatic heterocycles. The second-order valence-corrected chi connectivity index (χ2v) is 12.1. The van der Waals surface area contributed by atoms with Crippen molar-refractivity contribution in [2.45, 2.75) is 43.3 Å². The Balaban J connectivity index is 1.30. The maximum Gasteiger partial charge on any atom is 0.256 e. The first-order chi connectivity index (χ1) is 16.9. The van der Waals surface area contributed by atoms with Gasteiger partial charge in [-0.15, -0.1) is 11.3 Å². The first-order valence-electron chi connectivity index (χ1n) is 11.6. The number of thiophene rings is 1. The van der Waals surface area contributed by atoms with Crippen molar-refractivity contribution in [2.24, 2.45) is 0 Å². The summed E-state index contributed by atoms with van der Waals surface area (Å²) < 4.78 is 26.8. The van der Waals surface area contributed by atoms with Gasteiger partial charge >= 0.3 is 0 Å². The predicted molar refractivity (Wildman–Crippen MR) is 136 cm³/mol. The van der Waals surface area contributed by atoms with Crippen molar-refractivity contribution in [3.05, 3.63) is 81.7 Å². The molecule has 5 rings (SSSR count). The molecule has 0 saturated heterocycles. The number of fused-ring (bicyclic) bond motifs is 1. The van der Waals surface area contributed by atoms with Gasteiger partial charge in [0.2, 0.25) is 10.0 Å². The largest absolute Gasteiger partial charge is 0.312 e. The molecule has 1 amide bonds. The number of rotatable bonds is 7. The lowest BCUT2D eigenvalue weighted by molar-refractivity contribution is 0.102. The Kier molecular flexibility index (Phi) is 6.47. The predicted octanol–water partition coefficient (Wildman–Crippen LogP) is 4.21. The van der Waals surface area contributed by atoms with E-state index in [1.807, 2.05) is 18.2 Å². The first-order valence-corrected chi connectivity index (χ1v) is 13.8. The second-order valence-electron chi connectivity index (χ2n) is 9.00. The molecule has 0 atom stereocenters. The molecule has 2 aliphatic rings. The van der Waals surface area contributed by atoms with Gasteiger partial charge in [0.25, 0.3) is 5.91 Å². The van der Waals surface area contributed by atoms with Crippen LogP contribution in [-0.4, -0.2) is 43.2 Å². The van der Waals surface area contributed by atoms with Crippen LogP contribution in [0.15, 0.2) is 59.5 Å². The number of amides is 1. The molecule has 1 aromatic heterocycles. The molecule has 3 aromatic rings. The Labute approximate surface area is 209 Å². The number of nitriles is 1. The minimum Gasteiger partial charge on any atom is -0.312 e. The third kappa shape index (κ3) is 4.88. The van der Waals surface area contributed by atoms with E-state index < -0.39 is 10.0 Å². The molecule has 180 valence electrons. The Bertz CT molecular complexity index is 1390. The van der Waals surface area contributed by atoms with Crippen molar-refractivity contribution in [1.29, 1.82) is 5.26 Å². The van der Waals surface area contributed by atoms with Gasteiger partial charge in [0.15, 0.2) is 0 Å². The van der Waals surface area contributed by atoms with E-state index >= 15 is 0 Å². The summed E-state index contributed by atoms with van der Waals surface area (Å²) in [5.41, 5.74) is 3.14. The number of carbonyl (C=O) groups is 1. The van der Waals surface area contributed by atoms with Gasteiger partial charge in [-0.3, -0.25) is 9.69 Å². The third-order valence-corrected chi connectivity index (χ3v) is 9.63. The number of hydrogen-bond acceptors (Lipinski definition) is 6. The van der Waals surface area contributed by atoms with Crippen molar-refractivity contribution in [2.75, 3.05) is 18.9 Å². The van der Waals surface area contributed by atoms with Crippen LogP contribution in [-0.2, 0) is 29.5 Å². The van der Waals surface area contributed by atoms with Gasteiger partial charge < -0.3 is 5.32 Å². The van der Waals surface area contributed by atoms with Crippen LogP contribution in [0.2, 0.25) is 0 Å². The van der Waals surface area contributed by atoms with Crippen LogP contribution in [0.4, 0.5) is 5.00 Å². The monoisotopic (exact) mass is 506 g/mol. The Morgan fingerprint density at radius 3 is 2.54 bits per heavy atom. The summed E-state index contributed by atoms with van der Waals surface area (Å²) in [5, 5.41) is 13.2. The van der Waals surface area contributed by atoms with Gasteiger partial charge in [-0.2, -0.15) is 9.57 Å². The molecule has 2 aromatic carbocycles. The van der Waals surface area contributed by atoms with Gasteiger partial charge in [-0.05, 0) is 54.7 Å². The summed E-state index contributed by atoms with van der Waals surface area (Å²) in [4.78, 5) is 16.5. The van der Waals surface area contributed by atoms with Crippen molar-refractivity contribution in [3.63, 3.8) is 0 Å². The molecular weight excluding hydrogens is 480 g/mol. The lowest BCUT2D eigenvalue weighted by Gasteiger charge is -2.26. The minimum absolute atomic E-state index is 0.0702. The normalized spacial score (nSPS) is 16.0. The molecule has 1 aliphatic carbocycles. The minimum atomic E-state index is -3.56. The van der Waals surface area contributed by atoms with Crippen molar-refractivity contribution in [3.8, 4) is 6.07 Å². The van der Waals surface area contributed by atoms with E-state index in [0.717, 1.165) is 49.3 Å². The number of benzene rings is 2. The smallest absolute Gasteiger partial charge is 0.256 e. The zero-order chi connectivity index (χ0) is 24.6. The second kappa shape index (κ2) is 9.55. The highest BCUT2D eigenvalue weighted by molar-refractivity contribution is 7.89. The highest BCUT2D eigenvalue weighted by Gasteiger charge is 2.35. The standard InChI is InChI=1S/C26H26N4O3S2/c1-29(20-9-10-20)35(32,33)21-11-7-19(8-12-21)25(31)28-26-23(15-27)22-13-14-30(17-24(22)34-26)16-18-5-3-2-4-6-18/h2-8,11-12,20H,9-10,13-14,16-17H2,1H3,(H,28,31). The molecule has 7 nitrogen and oxygen atoms in total. The zero-order valence-corrected chi connectivity index (χ0v) is 21.0. The molecule has 35 heavy (non-hydrogen) atoms. The number of nitrogens with one attached hydrogen (secondary N) is 1. The van der Waals surface area contributed by atoms with Gasteiger partial charge in [0.1, 0.15) is 11.1 Å². The number of nitrogens with zero attached hydrogens (tertiary/aromatic N) is 3. The average molecular weight is 507 g/mol. The Morgan fingerprint density at radius 2 is 1.89 bits per heavy atom. The maximum absolute atomic E-state index is 12.9. The molecule has 0 spiro atoms. The van der Waals surface area contributed by atoms with E-state index in [2.05, 4.69) is 28.4 Å². The van der Waals surface area contributed by atoms with Crippen LogP contribution < -0.4 is 5.32 Å². The fourth-order valence-corrected chi connectivity index (χ4v) is 7.04. The summed E-state index contributed by atoms with van der Waals surface area (Å²) in [6.07, 6.45) is 2.52. The molecule has 0 bridgehead atoms. The Morgan fingerprint density at radius 1 is 1.17 bits per heavy atom. The highest BCUT2D eigenvalue weighted by Crippen LogP contribution is 2.37. The molecule has 9 heteroatoms. The number of sulfonamides is 1. The number of hydrogen-bond donors (Lipinski definition) is 1. The molecular formula is C26H26N4O3S2. The summed E-state index contributed by atoms with van der Waals surface area (Å²) in [7, 11) is -1.97. The summed E-state index contributed by atoms with van der Waals surface area (Å²) in [6.45, 7) is 2.43. The number of carbonyl (C=O) groups excluding carboxylic acids is 1. The van der Waals surface area contributed by atoms with Gasteiger partial charge in [-0.1, -0.05) is 30.3 Å². The van der Waals surface area contributed by atoms with Gasteiger partial charge in [0, 0.05) is 43.2 Å². The van der Waals surface area contributed by atoms with Gasteiger partial charge in [0.05, 0.1) is 10.5 Å². The highest BCUT2D eigenvalue weighted by atomic mass is 32.2. The van der Waals surface area contributed by atoms with E-state index in [4.69, 9.17) is 0 Å². The van der Waals surface area contributed by atoms with E-state index in [1.54, 1.807) is 7.05 Å². The van der Waals surface area contributed by atoms with Crippen LogP contribution in [0, 0.1) is 11.3 Å². The number of anilines is 1. The maximum atomic E-state index is 12.9. The van der Waals surface area contributed by atoms with E-state index in [9.17, 15) is 18.5 Å². The van der Waals surface area contributed by atoms with E-state index in [1.165, 1.54) is 45.5 Å². The zero-order valence-electron chi connectivity index (χ0n) is 19.4. The molecule has 1 fully saturated rings. The van der Waals surface area contributed by atoms with Crippen LogP contribution in [0.3, 0.4) is 0 Å². The molecule has 0 radical (unpaired) electrons. The van der Waals surface area contributed by atoms with Crippen molar-refractivity contribution in [1.82, 2.24) is 9.21 Å². The molecule has 2 heterocycles. The van der Waals surface area contributed by atoms with Crippen LogP contribution in [0.25, 0.3) is 0 Å². The fourth-order valence-electron chi connectivity index (χ4n) is 4.39. The van der Waals surface area contributed by atoms with Crippen molar-refractivity contribution >= 4 is 32.3 Å². The van der Waals surface area contributed by atoms with Crippen LogP contribution in [0.1, 0.15) is 44.8 Å². The van der Waals surface area contributed by atoms with Crippen LogP contribution in [0.5, 0.6) is 0 Å².